The number of ether oxygens (including phenoxy) is 1. The number of nitrogens with two attached hydrogens (primary N) is 1. The van der Waals surface area contributed by atoms with Crippen LogP contribution in [0.5, 0.6) is 0 Å². The van der Waals surface area contributed by atoms with Crippen LogP contribution in [0.25, 0.3) is 0 Å². The van der Waals surface area contributed by atoms with Crippen molar-refractivity contribution in [3.05, 3.63) is 70.5 Å². The highest BCUT2D eigenvalue weighted by atomic mass is 35.5. The topological polar surface area (TPSA) is 148 Å². The van der Waals surface area contributed by atoms with Crippen molar-refractivity contribution in [1.82, 2.24) is 15.5 Å². The van der Waals surface area contributed by atoms with Crippen LogP contribution in [-0.4, -0.2) is 64.9 Å². The number of aldehydes is 1. The van der Waals surface area contributed by atoms with Gasteiger partial charge < -0.3 is 30.8 Å². The Kier molecular flexibility index (Phi) is 14.6. The van der Waals surface area contributed by atoms with Crippen LogP contribution in [0.2, 0.25) is 5.02 Å². The lowest BCUT2D eigenvalue weighted by molar-refractivity contribution is -0.130. The van der Waals surface area contributed by atoms with Gasteiger partial charge in [0.15, 0.2) is 0 Å². The van der Waals surface area contributed by atoms with Crippen LogP contribution in [0.3, 0.4) is 0 Å². The molecule has 2 aliphatic rings. The molecule has 4 rings (SSSR count). The quantitative estimate of drug-likeness (QED) is 0.263. The largest absolute Gasteiger partial charge is 0.445 e. The lowest BCUT2D eigenvalue weighted by Gasteiger charge is -2.39. The minimum absolute atomic E-state index is 0.0512. The van der Waals surface area contributed by atoms with E-state index < -0.39 is 17.4 Å². The summed E-state index contributed by atoms with van der Waals surface area (Å²) >= 11 is 9.72. The van der Waals surface area contributed by atoms with E-state index in [2.05, 4.69) is 28.0 Å². The summed E-state index contributed by atoms with van der Waals surface area (Å²) in [6.45, 7) is 6.47. The summed E-state index contributed by atoms with van der Waals surface area (Å²) in [4.78, 5) is 58.6. The Morgan fingerprint density at radius 3 is 2.39 bits per heavy atom. The first kappa shape index (κ1) is 36.6. The zero-order valence-corrected chi connectivity index (χ0v) is 26.7. The van der Waals surface area contributed by atoms with Crippen molar-refractivity contribution >= 4 is 54.3 Å². The molecule has 4 N–H and O–H groups in total. The van der Waals surface area contributed by atoms with Gasteiger partial charge >= 0.3 is 6.09 Å². The Bertz CT molecular complexity index is 1290. The smallest absolute Gasteiger partial charge is 0.404 e. The molecule has 0 aliphatic carbocycles. The lowest BCUT2D eigenvalue weighted by Crippen LogP contribution is -2.51. The maximum Gasteiger partial charge on any atom is 0.404 e. The maximum absolute atomic E-state index is 12.3. The maximum atomic E-state index is 12.3. The SMILES string of the molecule is CC(=O)N1CCC2(CC1)CC(CC(C=O)NC(=O)C(C)S)C(=O)N2.Cc1cccc(F)c1.NC(=O)OCc1cccc(Cl)c1. The molecule has 13 heteroatoms. The van der Waals surface area contributed by atoms with Crippen LogP contribution >= 0.6 is 24.2 Å². The van der Waals surface area contributed by atoms with Crippen molar-refractivity contribution in [2.45, 2.75) is 69.9 Å². The molecule has 0 aromatic heterocycles. The van der Waals surface area contributed by atoms with Gasteiger partial charge in [0.2, 0.25) is 17.7 Å². The van der Waals surface area contributed by atoms with Gasteiger partial charge in [0.05, 0.1) is 11.3 Å². The van der Waals surface area contributed by atoms with Crippen LogP contribution in [0.15, 0.2) is 48.5 Å². The molecule has 3 atom stereocenters. The van der Waals surface area contributed by atoms with E-state index in [9.17, 15) is 28.4 Å². The molecule has 240 valence electrons. The summed E-state index contributed by atoms with van der Waals surface area (Å²) in [5.74, 6) is -0.815. The molecule has 2 aliphatic heterocycles. The molecule has 2 fully saturated rings. The summed E-state index contributed by atoms with van der Waals surface area (Å²) in [6, 6.07) is 12.9. The van der Waals surface area contributed by atoms with Crippen LogP contribution in [0.4, 0.5) is 9.18 Å². The Morgan fingerprint density at radius 1 is 1.23 bits per heavy atom. The van der Waals surface area contributed by atoms with Crippen molar-refractivity contribution < 1.29 is 33.1 Å². The van der Waals surface area contributed by atoms with Crippen molar-refractivity contribution in [3.63, 3.8) is 0 Å². The summed E-state index contributed by atoms with van der Waals surface area (Å²) < 4.78 is 16.7. The molecule has 2 aromatic rings. The van der Waals surface area contributed by atoms with E-state index in [0.717, 1.165) is 24.0 Å². The second kappa shape index (κ2) is 17.6. The van der Waals surface area contributed by atoms with Gasteiger partial charge in [0.1, 0.15) is 18.7 Å². The predicted octanol–water partition coefficient (Wildman–Crippen LogP) is 3.97. The number of nitrogens with one attached hydrogen (secondary N) is 2. The number of primary amides is 1. The first-order chi connectivity index (χ1) is 20.7. The number of hydrogen-bond donors (Lipinski definition) is 4. The van der Waals surface area contributed by atoms with E-state index in [1.165, 1.54) is 12.1 Å². The van der Waals surface area contributed by atoms with E-state index in [-0.39, 0.29) is 41.6 Å². The van der Waals surface area contributed by atoms with Gasteiger partial charge in [-0.1, -0.05) is 35.9 Å². The highest BCUT2D eigenvalue weighted by molar-refractivity contribution is 7.81. The number of likely N-dealkylation sites (tertiary alicyclic amines) is 1. The molecule has 4 amide bonds. The lowest BCUT2D eigenvalue weighted by atomic mass is 9.82. The number of nitrogens with zero attached hydrogens (tertiary/aromatic N) is 1. The van der Waals surface area contributed by atoms with Crippen LogP contribution in [-0.2, 0) is 30.5 Å². The van der Waals surface area contributed by atoms with Gasteiger partial charge in [-0.15, -0.1) is 0 Å². The molecular formula is C31H40ClFN4O6S. The number of hydrogen-bond acceptors (Lipinski definition) is 7. The number of thiol groups is 1. The van der Waals surface area contributed by atoms with Crippen molar-refractivity contribution in [2.24, 2.45) is 11.7 Å². The number of rotatable bonds is 7. The van der Waals surface area contributed by atoms with Crippen molar-refractivity contribution in [1.29, 1.82) is 0 Å². The molecule has 3 unspecified atom stereocenters. The van der Waals surface area contributed by atoms with Crippen LogP contribution in [0, 0.1) is 18.7 Å². The fraction of sp³-hybridized carbons (Fsp3) is 0.452. The molecule has 0 radical (unpaired) electrons. The zero-order chi connectivity index (χ0) is 32.9. The predicted molar refractivity (Wildman–Crippen MR) is 168 cm³/mol. The van der Waals surface area contributed by atoms with Gasteiger partial charge in [-0.25, -0.2) is 9.18 Å². The third-order valence-electron chi connectivity index (χ3n) is 7.22. The Labute approximate surface area is 267 Å². The molecule has 1 spiro atoms. The van der Waals surface area contributed by atoms with Gasteiger partial charge in [-0.3, -0.25) is 14.4 Å². The van der Waals surface area contributed by atoms with E-state index in [1.54, 1.807) is 49.1 Å². The first-order valence-corrected chi connectivity index (χ1v) is 15.0. The molecule has 2 heterocycles. The standard InChI is InChI=1S/C16H25N3O4S.C8H8ClNO2.C7H7F/c1-10(24)14(22)17-13(9-20)7-12-8-16(18-15(12)23)3-5-19(6-4-16)11(2)21;9-7-3-1-2-6(4-7)5-12-8(10)11;1-6-3-2-4-7(8)5-6/h9-10,12-13,24H,3-8H2,1-2H3,(H,17,22)(H,18,23);1-4H,5H2,(H2,10,11);2-5H,1H3. The third-order valence-corrected chi connectivity index (χ3v) is 7.69. The van der Waals surface area contributed by atoms with E-state index in [1.807, 2.05) is 13.0 Å². The van der Waals surface area contributed by atoms with Crippen LogP contribution < -0.4 is 16.4 Å². The minimum atomic E-state index is -0.782. The number of aryl methyl sites for hydroxylation is 1. The monoisotopic (exact) mass is 650 g/mol. The van der Waals surface area contributed by atoms with Crippen molar-refractivity contribution in [3.8, 4) is 0 Å². The van der Waals surface area contributed by atoms with Gasteiger partial charge in [0.25, 0.3) is 0 Å². The normalized spacial score (nSPS) is 17.9. The summed E-state index contributed by atoms with van der Waals surface area (Å²) in [5.41, 5.74) is 6.28. The highest BCUT2D eigenvalue weighted by Crippen LogP contribution is 2.36. The fourth-order valence-electron chi connectivity index (χ4n) is 4.89. The zero-order valence-electron chi connectivity index (χ0n) is 25.1. The molecule has 0 bridgehead atoms. The number of carbonyl (C=O) groups is 5. The van der Waals surface area contributed by atoms with Crippen molar-refractivity contribution in [2.75, 3.05) is 13.1 Å². The van der Waals surface area contributed by atoms with E-state index in [4.69, 9.17) is 17.3 Å². The molecule has 2 saturated heterocycles. The minimum Gasteiger partial charge on any atom is -0.445 e. The first-order valence-electron chi connectivity index (χ1n) is 14.1. The summed E-state index contributed by atoms with van der Waals surface area (Å²) in [5, 5.41) is 5.78. The molecular weight excluding hydrogens is 611 g/mol. The average Bonchev–Trinajstić information content (AvgIpc) is 3.25. The van der Waals surface area contributed by atoms with Gasteiger partial charge in [-0.2, -0.15) is 12.6 Å². The Morgan fingerprint density at radius 2 is 1.89 bits per heavy atom. The Balaban J connectivity index is 0.000000277. The van der Waals surface area contributed by atoms with Gasteiger partial charge in [0, 0.05) is 36.5 Å². The molecule has 2 aromatic carbocycles. The number of halogens is 2. The average molecular weight is 651 g/mol. The fourth-order valence-corrected chi connectivity index (χ4v) is 5.18. The number of amides is 4. The number of piperidine rings is 1. The van der Waals surface area contributed by atoms with E-state index >= 15 is 0 Å². The second-order valence-electron chi connectivity index (χ2n) is 10.9. The summed E-state index contributed by atoms with van der Waals surface area (Å²) in [6.07, 6.45) is 2.26. The Hall–Kier alpha value is -3.64. The molecule has 10 nitrogen and oxygen atoms in total. The summed E-state index contributed by atoms with van der Waals surface area (Å²) in [7, 11) is 0. The number of benzene rings is 2. The van der Waals surface area contributed by atoms with Crippen LogP contribution in [0.1, 0.15) is 50.7 Å². The number of carbonyl (C=O) groups excluding carboxylic acids is 5. The second-order valence-corrected chi connectivity index (χ2v) is 12.1. The molecule has 0 saturated carbocycles. The van der Waals surface area contributed by atoms with Gasteiger partial charge in [-0.05, 0) is 74.9 Å². The highest BCUT2D eigenvalue weighted by Gasteiger charge is 2.46. The van der Waals surface area contributed by atoms with E-state index in [0.29, 0.717) is 37.2 Å². The molecule has 44 heavy (non-hydrogen) atoms. The third kappa shape index (κ3) is 12.5.